The van der Waals surface area contributed by atoms with E-state index in [9.17, 15) is 13.2 Å². The van der Waals surface area contributed by atoms with Crippen LogP contribution < -0.4 is 0 Å². The SMILES string of the molecule is CN(C(=O)c1cnn(-c2ccccc2)c1)[C@H]1CCS(=O)(=O)C1. The lowest BCUT2D eigenvalue weighted by Crippen LogP contribution is -2.37. The predicted molar refractivity (Wildman–Crippen MR) is 82.7 cm³/mol. The minimum Gasteiger partial charge on any atom is -0.338 e. The monoisotopic (exact) mass is 319 g/mol. The van der Waals surface area contributed by atoms with E-state index in [0.29, 0.717) is 12.0 Å². The molecule has 6 nitrogen and oxygen atoms in total. The Morgan fingerprint density at radius 1 is 1.32 bits per heavy atom. The summed E-state index contributed by atoms with van der Waals surface area (Å²) in [5, 5.41) is 4.20. The number of benzene rings is 1. The molecule has 3 rings (SSSR count). The molecule has 1 aromatic heterocycles. The Balaban J connectivity index is 1.77. The number of hydrogen-bond acceptors (Lipinski definition) is 4. The maximum atomic E-state index is 12.5. The number of sulfone groups is 1. The molecule has 1 saturated heterocycles. The fourth-order valence-electron chi connectivity index (χ4n) is 2.61. The Morgan fingerprint density at radius 2 is 2.05 bits per heavy atom. The second-order valence-electron chi connectivity index (χ2n) is 5.48. The van der Waals surface area contributed by atoms with Gasteiger partial charge in [0.2, 0.25) is 0 Å². The summed E-state index contributed by atoms with van der Waals surface area (Å²) in [6, 6.07) is 9.25. The molecule has 116 valence electrons. The van der Waals surface area contributed by atoms with E-state index in [1.165, 1.54) is 11.1 Å². The van der Waals surface area contributed by atoms with Gasteiger partial charge in [-0.25, -0.2) is 13.1 Å². The van der Waals surface area contributed by atoms with Crippen molar-refractivity contribution in [1.82, 2.24) is 14.7 Å². The summed E-state index contributed by atoms with van der Waals surface area (Å²) in [4.78, 5) is 14.0. The Hall–Kier alpha value is -2.15. The van der Waals surface area contributed by atoms with E-state index in [0.717, 1.165) is 5.69 Å². The number of carbonyl (C=O) groups is 1. The third-order valence-electron chi connectivity index (χ3n) is 3.93. The van der Waals surface area contributed by atoms with Crippen molar-refractivity contribution < 1.29 is 13.2 Å². The maximum Gasteiger partial charge on any atom is 0.257 e. The van der Waals surface area contributed by atoms with Crippen molar-refractivity contribution in [3.05, 3.63) is 48.3 Å². The zero-order chi connectivity index (χ0) is 15.7. The van der Waals surface area contributed by atoms with Gasteiger partial charge in [-0.1, -0.05) is 18.2 Å². The van der Waals surface area contributed by atoms with Gasteiger partial charge in [0.25, 0.3) is 5.91 Å². The van der Waals surface area contributed by atoms with Gasteiger partial charge in [0.1, 0.15) is 0 Å². The fourth-order valence-corrected chi connectivity index (χ4v) is 4.38. The Morgan fingerprint density at radius 3 is 2.68 bits per heavy atom. The molecule has 2 aromatic rings. The molecular weight excluding hydrogens is 302 g/mol. The van der Waals surface area contributed by atoms with Crippen LogP contribution in [0.1, 0.15) is 16.8 Å². The Bertz CT molecular complexity index is 783. The fraction of sp³-hybridized carbons (Fsp3) is 0.333. The molecule has 1 atom stereocenters. The normalized spacial score (nSPS) is 20.0. The highest BCUT2D eigenvalue weighted by atomic mass is 32.2. The lowest BCUT2D eigenvalue weighted by atomic mass is 10.2. The third kappa shape index (κ3) is 2.89. The van der Waals surface area contributed by atoms with Crippen LogP contribution in [0, 0.1) is 0 Å². The van der Waals surface area contributed by atoms with E-state index in [2.05, 4.69) is 5.10 Å². The molecule has 0 saturated carbocycles. The molecule has 0 spiro atoms. The van der Waals surface area contributed by atoms with E-state index < -0.39 is 9.84 Å². The Labute approximate surface area is 129 Å². The molecule has 1 aliphatic rings. The summed E-state index contributed by atoms with van der Waals surface area (Å²) >= 11 is 0. The van der Waals surface area contributed by atoms with E-state index in [1.54, 1.807) is 17.9 Å². The smallest absolute Gasteiger partial charge is 0.257 e. The molecule has 0 unspecified atom stereocenters. The van der Waals surface area contributed by atoms with Crippen LogP contribution in [0.3, 0.4) is 0 Å². The van der Waals surface area contributed by atoms with Gasteiger partial charge in [0.15, 0.2) is 9.84 Å². The zero-order valence-corrected chi connectivity index (χ0v) is 13.0. The van der Waals surface area contributed by atoms with Crippen LogP contribution in [0.25, 0.3) is 5.69 Å². The van der Waals surface area contributed by atoms with E-state index >= 15 is 0 Å². The topological polar surface area (TPSA) is 72.3 Å². The second-order valence-corrected chi connectivity index (χ2v) is 7.71. The molecule has 22 heavy (non-hydrogen) atoms. The molecule has 1 aliphatic heterocycles. The molecule has 1 amide bonds. The van der Waals surface area contributed by atoms with Gasteiger partial charge >= 0.3 is 0 Å². The molecule has 1 aromatic carbocycles. The second kappa shape index (κ2) is 5.57. The first-order valence-corrected chi connectivity index (χ1v) is 8.86. The minimum absolute atomic E-state index is 0.0437. The number of rotatable bonds is 3. The van der Waals surface area contributed by atoms with Crippen molar-refractivity contribution in [2.45, 2.75) is 12.5 Å². The van der Waals surface area contributed by atoms with Crippen LogP contribution in [-0.2, 0) is 9.84 Å². The standard InChI is InChI=1S/C15H17N3O3S/c1-17(14-7-8-22(20,21)11-14)15(19)12-9-16-18(10-12)13-5-3-2-4-6-13/h2-6,9-10,14H,7-8,11H2,1H3/t14-/m0/s1. The zero-order valence-electron chi connectivity index (χ0n) is 12.2. The largest absolute Gasteiger partial charge is 0.338 e. The third-order valence-corrected chi connectivity index (χ3v) is 5.68. The van der Waals surface area contributed by atoms with E-state index in [-0.39, 0.29) is 23.5 Å². The molecule has 7 heteroatoms. The molecule has 2 heterocycles. The van der Waals surface area contributed by atoms with Gasteiger partial charge < -0.3 is 4.90 Å². The maximum absolute atomic E-state index is 12.5. The van der Waals surface area contributed by atoms with Crippen LogP contribution in [-0.4, -0.2) is 53.6 Å². The predicted octanol–water partition coefficient (Wildman–Crippen LogP) is 1.13. The molecule has 0 aliphatic carbocycles. The molecule has 0 N–H and O–H groups in total. The van der Waals surface area contributed by atoms with E-state index in [4.69, 9.17) is 0 Å². The van der Waals surface area contributed by atoms with Crippen LogP contribution in [0.2, 0.25) is 0 Å². The lowest BCUT2D eigenvalue weighted by molar-refractivity contribution is 0.0747. The van der Waals surface area contributed by atoms with Crippen LogP contribution in [0.5, 0.6) is 0 Å². The van der Waals surface area contributed by atoms with E-state index in [1.807, 2.05) is 30.3 Å². The van der Waals surface area contributed by atoms with Gasteiger partial charge in [0, 0.05) is 19.3 Å². The summed E-state index contributed by atoms with van der Waals surface area (Å²) in [5.74, 6) is -0.00930. The van der Waals surface area contributed by atoms with Gasteiger partial charge in [-0.3, -0.25) is 4.79 Å². The number of carbonyl (C=O) groups excluding carboxylic acids is 1. The summed E-state index contributed by atoms with van der Waals surface area (Å²) in [5.41, 5.74) is 1.32. The number of hydrogen-bond donors (Lipinski definition) is 0. The lowest BCUT2D eigenvalue weighted by Gasteiger charge is -2.22. The number of nitrogens with zero attached hydrogens (tertiary/aromatic N) is 3. The van der Waals surface area contributed by atoms with Crippen molar-refractivity contribution in [3.63, 3.8) is 0 Å². The quantitative estimate of drug-likeness (QED) is 0.850. The van der Waals surface area contributed by atoms with Crippen molar-refractivity contribution in [2.24, 2.45) is 0 Å². The number of amides is 1. The highest BCUT2D eigenvalue weighted by Gasteiger charge is 2.33. The molecule has 0 radical (unpaired) electrons. The van der Waals surface area contributed by atoms with Crippen LogP contribution in [0.4, 0.5) is 0 Å². The van der Waals surface area contributed by atoms with Gasteiger partial charge in [-0.2, -0.15) is 5.10 Å². The Kier molecular flexibility index (Phi) is 3.74. The van der Waals surface area contributed by atoms with Crippen molar-refractivity contribution in [1.29, 1.82) is 0 Å². The number of para-hydroxylation sites is 1. The first kappa shape index (κ1) is 14.8. The molecule has 0 bridgehead atoms. The van der Waals surface area contributed by atoms with Crippen molar-refractivity contribution in [2.75, 3.05) is 18.6 Å². The first-order chi connectivity index (χ1) is 10.5. The van der Waals surface area contributed by atoms with Crippen molar-refractivity contribution >= 4 is 15.7 Å². The molecule has 1 fully saturated rings. The first-order valence-electron chi connectivity index (χ1n) is 7.04. The van der Waals surface area contributed by atoms with Gasteiger partial charge in [0.05, 0.1) is 29.0 Å². The summed E-state index contributed by atoms with van der Waals surface area (Å²) in [6.07, 6.45) is 3.67. The highest BCUT2D eigenvalue weighted by molar-refractivity contribution is 7.91. The van der Waals surface area contributed by atoms with Gasteiger partial charge in [-0.05, 0) is 18.6 Å². The summed E-state index contributed by atoms with van der Waals surface area (Å²) in [7, 11) is -1.36. The van der Waals surface area contributed by atoms with Crippen LogP contribution >= 0.6 is 0 Å². The average Bonchev–Trinajstić information content (AvgIpc) is 3.13. The number of aromatic nitrogens is 2. The summed E-state index contributed by atoms with van der Waals surface area (Å²) in [6.45, 7) is 0. The highest BCUT2D eigenvalue weighted by Crippen LogP contribution is 2.19. The average molecular weight is 319 g/mol. The summed E-state index contributed by atoms with van der Waals surface area (Å²) < 4.78 is 24.7. The van der Waals surface area contributed by atoms with Crippen LogP contribution in [0.15, 0.2) is 42.7 Å². The molecular formula is C15H17N3O3S. The minimum atomic E-state index is -3.01. The van der Waals surface area contributed by atoms with Gasteiger partial charge in [-0.15, -0.1) is 0 Å². The van der Waals surface area contributed by atoms with Crippen molar-refractivity contribution in [3.8, 4) is 5.69 Å².